The monoisotopic (exact) mass is 205 g/mol. The second-order valence-corrected chi connectivity index (χ2v) is 3.28. The van der Waals surface area contributed by atoms with Gasteiger partial charge >= 0.3 is 5.97 Å². The van der Waals surface area contributed by atoms with Crippen molar-refractivity contribution in [1.29, 1.82) is 0 Å². The zero-order valence-corrected chi connectivity index (χ0v) is 8.52. The molecule has 0 saturated heterocycles. The quantitative estimate of drug-likeness (QED) is 0.721. The van der Waals surface area contributed by atoms with E-state index in [1.165, 1.54) is 0 Å². The molecule has 0 unspecified atom stereocenters. The summed E-state index contributed by atoms with van der Waals surface area (Å²) in [6, 6.07) is 9.43. The summed E-state index contributed by atoms with van der Waals surface area (Å²) in [7, 11) is 0. The standard InChI is InChI=1S/C12H15NO2/c13-8-4-7-11(12(14)15)9-10-5-2-1-3-6-10/h1-3,5-6,9H,4,7-8,13H2,(H,14,15)/b11-9+. The van der Waals surface area contributed by atoms with Gasteiger partial charge in [-0.3, -0.25) is 0 Å². The van der Waals surface area contributed by atoms with E-state index in [4.69, 9.17) is 10.8 Å². The van der Waals surface area contributed by atoms with Gasteiger partial charge in [-0.25, -0.2) is 4.79 Å². The fourth-order valence-electron chi connectivity index (χ4n) is 1.28. The van der Waals surface area contributed by atoms with Crippen LogP contribution in [-0.4, -0.2) is 17.6 Å². The lowest BCUT2D eigenvalue weighted by Crippen LogP contribution is -2.04. The van der Waals surface area contributed by atoms with E-state index < -0.39 is 5.97 Å². The first-order valence-electron chi connectivity index (χ1n) is 4.93. The van der Waals surface area contributed by atoms with Gasteiger partial charge in [0.1, 0.15) is 0 Å². The Bertz CT molecular complexity index is 344. The number of carboxylic acids is 1. The maximum absolute atomic E-state index is 10.9. The Kier molecular flexibility index (Phi) is 4.57. The zero-order valence-electron chi connectivity index (χ0n) is 8.52. The van der Waals surface area contributed by atoms with Gasteiger partial charge in [0.25, 0.3) is 0 Å². The molecule has 1 aromatic rings. The normalized spacial score (nSPS) is 11.4. The van der Waals surface area contributed by atoms with Crippen LogP contribution in [-0.2, 0) is 4.79 Å². The fraction of sp³-hybridized carbons (Fsp3) is 0.250. The van der Waals surface area contributed by atoms with E-state index in [0.717, 1.165) is 5.56 Å². The summed E-state index contributed by atoms with van der Waals surface area (Å²) >= 11 is 0. The predicted octanol–water partition coefficient (Wildman–Crippen LogP) is 1.89. The summed E-state index contributed by atoms with van der Waals surface area (Å²) in [5.74, 6) is -0.868. The van der Waals surface area contributed by atoms with Crippen LogP contribution in [0.3, 0.4) is 0 Å². The highest BCUT2D eigenvalue weighted by Crippen LogP contribution is 2.11. The molecule has 0 fully saturated rings. The second kappa shape index (κ2) is 5.98. The highest BCUT2D eigenvalue weighted by atomic mass is 16.4. The van der Waals surface area contributed by atoms with E-state index in [2.05, 4.69) is 0 Å². The van der Waals surface area contributed by atoms with Crippen molar-refractivity contribution >= 4 is 12.0 Å². The maximum atomic E-state index is 10.9. The third kappa shape index (κ3) is 3.95. The number of carboxylic acid groups (broad SMARTS) is 1. The zero-order chi connectivity index (χ0) is 11.1. The Morgan fingerprint density at radius 3 is 2.53 bits per heavy atom. The van der Waals surface area contributed by atoms with Gasteiger partial charge in [-0.1, -0.05) is 30.3 Å². The van der Waals surface area contributed by atoms with Crippen LogP contribution in [0.2, 0.25) is 0 Å². The lowest BCUT2D eigenvalue weighted by atomic mass is 10.1. The minimum Gasteiger partial charge on any atom is -0.478 e. The van der Waals surface area contributed by atoms with E-state index in [-0.39, 0.29) is 0 Å². The highest BCUT2D eigenvalue weighted by Gasteiger charge is 2.05. The van der Waals surface area contributed by atoms with Crippen LogP contribution < -0.4 is 5.73 Å². The molecule has 0 atom stereocenters. The van der Waals surface area contributed by atoms with Crippen LogP contribution in [0.25, 0.3) is 6.08 Å². The van der Waals surface area contributed by atoms with E-state index in [9.17, 15) is 4.79 Å². The SMILES string of the molecule is NCCC/C(=C\c1ccccc1)C(=O)O. The van der Waals surface area contributed by atoms with Gasteiger partial charge in [0, 0.05) is 5.57 Å². The predicted molar refractivity (Wildman–Crippen MR) is 60.3 cm³/mol. The summed E-state index contributed by atoms with van der Waals surface area (Å²) < 4.78 is 0. The van der Waals surface area contributed by atoms with Crippen molar-refractivity contribution in [2.45, 2.75) is 12.8 Å². The molecular formula is C12H15NO2. The fourth-order valence-corrected chi connectivity index (χ4v) is 1.28. The lowest BCUT2D eigenvalue weighted by molar-refractivity contribution is -0.132. The van der Waals surface area contributed by atoms with Crippen molar-refractivity contribution < 1.29 is 9.90 Å². The molecule has 1 rings (SSSR count). The third-order valence-electron chi connectivity index (χ3n) is 2.07. The van der Waals surface area contributed by atoms with E-state index in [1.54, 1.807) is 6.08 Å². The first-order valence-corrected chi connectivity index (χ1v) is 4.93. The van der Waals surface area contributed by atoms with Gasteiger partial charge in [-0.15, -0.1) is 0 Å². The molecule has 0 spiro atoms. The third-order valence-corrected chi connectivity index (χ3v) is 2.07. The number of benzene rings is 1. The maximum Gasteiger partial charge on any atom is 0.331 e. The number of aliphatic carboxylic acids is 1. The Morgan fingerprint density at radius 2 is 2.00 bits per heavy atom. The van der Waals surface area contributed by atoms with Crippen LogP contribution in [0.4, 0.5) is 0 Å². The molecule has 0 aromatic heterocycles. The van der Waals surface area contributed by atoms with E-state index in [1.807, 2.05) is 30.3 Å². The molecular weight excluding hydrogens is 190 g/mol. The second-order valence-electron chi connectivity index (χ2n) is 3.28. The number of carbonyl (C=O) groups is 1. The average molecular weight is 205 g/mol. The van der Waals surface area contributed by atoms with Crippen molar-refractivity contribution in [2.24, 2.45) is 5.73 Å². The minimum atomic E-state index is -0.868. The molecule has 3 heteroatoms. The molecule has 0 radical (unpaired) electrons. The molecule has 1 aromatic carbocycles. The first-order chi connectivity index (χ1) is 7.24. The van der Waals surface area contributed by atoms with Crippen LogP contribution in [0.1, 0.15) is 18.4 Å². The molecule has 0 heterocycles. The molecule has 3 nitrogen and oxygen atoms in total. The molecule has 3 N–H and O–H groups in total. The molecule has 0 aliphatic heterocycles. The molecule has 80 valence electrons. The van der Waals surface area contributed by atoms with Crippen molar-refractivity contribution in [2.75, 3.05) is 6.54 Å². The smallest absolute Gasteiger partial charge is 0.331 e. The van der Waals surface area contributed by atoms with E-state index in [0.29, 0.717) is 25.0 Å². The largest absolute Gasteiger partial charge is 0.478 e. The number of nitrogens with two attached hydrogens (primary N) is 1. The summed E-state index contributed by atoms with van der Waals surface area (Å²) in [6.07, 6.45) is 2.91. The van der Waals surface area contributed by atoms with Crippen molar-refractivity contribution in [3.05, 3.63) is 41.5 Å². The molecule has 0 aliphatic carbocycles. The summed E-state index contributed by atoms with van der Waals surface area (Å²) in [5.41, 5.74) is 6.67. The minimum absolute atomic E-state index is 0.409. The Morgan fingerprint density at radius 1 is 1.33 bits per heavy atom. The van der Waals surface area contributed by atoms with Crippen LogP contribution >= 0.6 is 0 Å². The molecule has 0 saturated carbocycles. The lowest BCUT2D eigenvalue weighted by Gasteiger charge is -2.01. The Hall–Kier alpha value is -1.61. The van der Waals surface area contributed by atoms with Gasteiger partial charge in [0.05, 0.1) is 0 Å². The average Bonchev–Trinajstić information content (AvgIpc) is 2.25. The number of hydrogen-bond acceptors (Lipinski definition) is 2. The topological polar surface area (TPSA) is 63.3 Å². The van der Waals surface area contributed by atoms with Gasteiger partial charge in [0.15, 0.2) is 0 Å². The number of hydrogen-bond donors (Lipinski definition) is 2. The van der Waals surface area contributed by atoms with Gasteiger partial charge in [-0.2, -0.15) is 0 Å². The summed E-state index contributed by atoms with van der Waals surface area (Å²) in [4.78, 5) is 10.9. The van der Waals surface area contributed by atoms with Crippen LogP contribution in [0.15, 0.2) is 35.9 Å². The molecule has 0 bridgehead atoms. The highest BCUT2D eigenvalue weighted by molar-refractivity contribution is 5.92. The Labute approximate surface area is 89.2 Å². The molecule has 0 amide bonds. The van der Waals surface area contributed by atoms with Crippen molar-refractivity contribution in [1.82, 2.24) is 0 Å². The summed E-state index contributed by atoms with van der Waals surface area (Å²) in [5, 5.41) is 8.95. The van der Waals surface area contributed by atoms with Gasteiger partial charge < -0.3 is 10.8 Å². The van der Waals surface area contributed by atoms with Crippen molar-refractivity contribution in [3.63, 3.8) is 0 Å². The van der Waals surface area contributed by atoms with Crippen LogP contribution in [0.5, 0.6) is 0 Å². The van der Waals surface area contributed by atoms with Gasteiger partial charge in [-0.05, 0) is 31.0 Å². The Balaban J connectivity index is 2.79. The van der Waals surface area contributed by atoms with Crippen LogP contribution in [0, 0.1) is 0 Å². The molecule has 0 aliphatic rings. The van der Waals surface area contributed by atoms with Crippen molar-refractivity contribution in [3.8, 4) is 0 Å². The van der Waals surface area contributed by atoms with Gasteiger partial charge in [0.2, 0.25) is 0 Å². The number of rotatable bonds is 5. The molecule has 15 heavy (non-hydrogen) atoms. The van der Waals surface area contributed by atoms with E-state index >= 15 is 0 Å². The summed E-state index contributed by atoms with van der Waals surface area (Å²) in [6.45, 7) is 0.513. The first kappa shape index (κ1) is 11.5.